The molecule has 25 heavy (non-hydrogen) atoms. The van der Waals surface area contributed by atoms with E-state index in [9.17, 15) is 4.79 Å². The topological polar surface area (TPSA) is 94.5 Å². The van der Waals surface area contributed by atoms with Gasteiger partial charge >= 0.3 is 0 Å². The van der Waals surface area contributed by atoms with Crippen LogP contribution in [0.2, 0.25) is 0 Å². The van der Waals surface area contributed by atoms with Crippen molar-refractivity contribution in [3.63, 3.8) is 0 Å². The molecule has 4 rings (SSSR count). The zero-order chi connectivity index (χ0) is 17.6. The van der Waals surface area contributed by atoms with Crippen molar-refractivity contribution in [1.82, 2.24) is 15.2 Å². The molecule has 0 radical (unpaired) electrons. The van der Waals surface area contributed by atoms with Crippen LogP contribution in [0.3, 0.4) is 0 Å². The van der Waals surface area contributed by atoms with E-state index in [2.05, 4.69) is 26.6 Å². The monoisotopic (exact) mass is 331 g/mol. The Balaban J connectivity index is 1.69. The van der Waals surface area contributed by atoms with E-state index < -0.39 is 0 Å². The molecule has 1 aliphatic rings. The molecule has 0 spiro atoms. The van der Waals surface area contributed by atoms with E-state index in [1.165, 1.54) is 0 Å². The molecule has 124 valence electrons. The Morgan fingerprint density at radius 1 is 1.32 bits per heavy atom. The second-order valence-corrected chi connectivity index (χ2v) is 6.51. The van der Waals surface area contributed by atoms with E-state index in [1.807, 2.05) is 32.0 Å². The number of nitrogens with zero attached hydrogens (tertiary/aromatic N) is 3. The van der Waals surface area contributed by atoms with Crippen molar-refractivity contribution in [1.29, 1.82) is 5.26 Å². The zero-order valence-corrected chi connectivity index (χ0v) is 14.1. The second kappa shape index (κ2) is 5.71. The number of H-pyrrole nitrogens is 1. The summed E-state index contributed by atoms with van der Waals surface area (Å²) in [6.07, 6.45) is 2.16. The lowest BCUT2D eigenvalue weighted by molar-refractivity contribution is 0.102. The maximum absolute atomic E-state index is 12.8. The number of aryl methyl sites for hydroxylation is 2. The first-order chi connectivity index (χ1) is 12.1. The molecule has 1 fully saturated rings. The van der Waals surface area contributed by atoms with Crippen LogP contribution in [0.15, 0.2) is 24.3 Å². The molecule has 0 aliphatic heterocycles. The molecule has 0 unspecified atom stereocenters. The lowest BCUT2D eigenvalue weighted by Crippen LogP contribution is -2.15. The Hall–Kier alpha value is -3.20. The minimum atomic E-state index is -0.204. The van der Waals surface area contributed by atoms with Crippen molar-refractivity contribution < 1.29 is 4.79 Å². The van der Waals surface area contributed by atoms with E-state index in [1.54, 1.807) is 6.07 Å². The highest BCUT2D eigenvalue weighted by molar-refractivity contribution is 6.08. The van der Waals surface area contributed by atoms with Crippen molar-refractivity contribution in [3.05, 3.63) is 52.3 Å². The highest BCUT2D eigenvalue weighted by atomic mass is 16.1. The Morgan fingerprint density at radius 3 is 2.84 bits per heavy atom. The number of hydrogen-bond donors (Lipinski definition) is 2. The highest BCUT2D eigenvalue weighted by Crippen LogP contribution is 2.40. The average molecular weight is 331 g/mol. The number of carbonyl (C=O) groups excluding carboxylic acids is 1. The zero-order valence-electron chi connectivity index (χ0n) is 14.1. The Kier molecular flexibility index (Phi) is 3.50. The normalized spacial score (nSPS) is 13.6. The summed E-state index contributed by atoms with van der Waals surface area (Å²) in [6.45, 7) is 3.80. The first-order valence-corrected chi connectivity index (χ1v) is 8.24. The third-order valence-electron chi connectivity index (χ3n) is 4.53. The SMILES string of the molecule is Cc1ccc(C(=O)Nc2n[nH]c3cc(C#N)c(C)cc23)c(C2CC2)n1. The minimum absolute atomic E-state index is 0.204. The molecular weight excluding hydrogens is 314 g/mol. The number of aromatic nitrogens is 3. The molecule has 1 amide bonds. The van der Waals surface area contributed by atoms with Gasteiger partial charge in [-0.3, -0.25) is 14.9 Å². The van der Waals surface area contributed by atoms with Crippen molar-refractivity contribution in [2.75, 3.05) is 5.32 Å². The molecule has 1 saturated carbocycles. The van der Waals surface area contributed by atoms with E-state index in [4.69, 9.17) is 5.26 Å². The van der Waals surface area contributed by atoms with Gasteiger partial charge in [-0.25, -0.2) is 0 Å². The van der Waals surface area contributed by atoms with Crippen LogP contribution < -0.4 is 5.32 Å². The predicted octanol–water partition coefficient (Wildman–Crippen LogP) is 3.58. The van der Waals surface area contributed by atoms with E-state index in [-0.39, 0.29) is 5.91 Å². The predicted molar refractivity (Wildman–Crippen MR) is 94.4 cm³/mol. The van der Waals surface area contributed by atoms with Crippen LogP contribution >= 0.6 is 0 Å². The molecule has 6 heteroatoms. The summed E-state index contributed by atoms with van der Waals surface area (Å²) in [4.78, 5) is 17.3. The summed E-state index contributed by atoms with van der Waals surface area (Å²) in [6, 6.07) is 9.45. The lowest BCUT2D eigenvalue weighted by Gasteiger charge is -2.09. The summed E-state index contributed by atoms with van der Waals surface area (Å²) in [5, 5.41) is 19.9. The Morgan fingerprint density at radius 2 is 2.12 bits per heavy atom. The van der Waals surface area contributed by atoms with Crippen LogP contribution in [0.25, 0.3) is 10.9 Å². The molecule has 0 saturated heterocycles. The van der Waals surface area contributed by atoms with E-state index in [0.29, 0.717) is 22.9 Å². The van der Waals surface area contributed by atoms with Gasteiger partial charge < -0.3 is 5.32 Å². The van der Waals surface area contributed by atoms with Gasteiger partial charge in [-0.1, -0.05) is 0 Å². The van der Waals surface area contributed by atoms with Gasteiger partial charge in [0.2, 0.25) is 0 Å². The summed E-state index contributed by atoms with van der Waals surface area (Å²) in [5.74, 6) is 0.650. The molecule has 6 nitrogen and oxygen atoms in total. The van der Waals surface area contributed by atoms with Crippen LogP contribution in [-0.2, 0) is 0 Å². The van der Waals surface area contributed by atoms with Crippen molar-refractivity contribution in [2.24, 2.45) is 0 Å². The smallest absolute Gasteiger partial charge is 0.258 e. The third-order valence-corrected chi connectivity index (χ3v) is 4.53. The van der Waals surface area contributed by atoms with Gasteiger partial charge in [0.15, 0.2) is 5.82 Å². The van der Waals surface area contributed by atoms with Gasteiger partial charge in [0.25, 0.3) is 5.91 Å². The molecule has 3 aromatic rings. The average Bonchev–Trinajstić information content (AvgIpc) is 3.38. The number of benzene rings is 1. The molecule has 2 N–H and O–H groups in total. The number of nitriles is 1. The van der Waals surface area contributed by atoms with Gasteiger partial charge in [0, 0.05) is 17.0 Å². The second-order valence-electron chi connectivity index (χ2n) is 6.51. The largest absolute Gasteiger partial charge is 0.305 e. The number of fused-ring (bicyclic) bond motifs is 1. The van der Waals surface area contributed by atoms with Gasteiger partial charge in [0.05, 0.1) is 28.4 Å². The molecule has 1 aromatic carbocycles. The molecule has 0 bridgehead atoms. The number of pyridine rings is 1. The fourth-order valence-electron chi connectivity index (χ4n) is 3.00. The molecular formula is C19H17N5O. The van der Waals surface area contributed by atoms with Crippen LogP contribution in [0.1, 0.15) is 51.6 Å². The summed E-state index contributed by atoms with van der Waals surface area (Å²) >= 11 is 0. The van der Waals surface area contributed by atoms with E-state index >= 15 is 0 Å². The van der Waals surface area contributed by atoms with Gasteiger partial charge in [-0.2, -0.15) is 10.4 Å². The van der Waals surface area contributed by atoms with Crippen molar-refractivity contribution in [3.8, 4) is 6.07 Å². The third kappa shape index (κ3) is 2.74. The lowest BCUT2D eigenvalue weighted by atomic mass is 10.1. The minimum Gasteiger partial charge on any atom is -0.305 e. The summed E-state index contributed by atoms with van der Waals surface area (Å²) in [7, 11) is 0. The Bertz CT molecular complexity index is 1040. The maximum Gasteiger partial charge on any atom is 0.258 e. The first-order valence-electron chi connectivity index (χ1n) is 8.24. The standard InChI is InChI=1S/C19H17N5O/c1-10-7-15-16(8-13(10)9-20)23-24-18(15)22-19(25)14-6-3-11(2)21-17(14)12-4-5-12/h3,6-8,12H,4-5H2,1-2H3,(H2,22,23,24,25). The quantitative estimate of drug-likeness (QED) is 0.767. The molecule has 0 atom stereocenters. The number of anilines is 1. The van der Waals surface area contributed by atoms with Crippen LogP contribution in [-0.4, -0.2) is 21.1 Å². The van der Waals surface area contributed by atoms with Crippen LogP contribution in [0, 0.1) is 25.2 Å². The number of hydrogen-bond acceptors (Lipinski definition) is 4. The first kappa shape index (κ1) is 15.3. The van der Waals surface area contributed by atoms with E-state index in [0.717, 1.165) is 40.7 Å². The van der Waals surface area contributed by atoms with Crippen molar-refractivity contribution in [2.45, 2.75) is 32.6 Å². The van der Waals surface area contributed by atoms with Crippen LogP contribution in [0.4, 0.5) is 5.82 Å². The van der Waals surface area contributed by atoms with Gasteiger partial charge in [-0.15, -0.1) is 0 Å². The maximum atomic E-state index is 12.8. The number of nitrogens with one attached hydrogen (secondary N) is 2. The molecule has 1 aliphatic carbocycles. The van der Waals surface area contributed by atoms with Gasteiger partial charge in [-0.05, 0) is 56.5 Å². The molecule has 2 aromatic heterocycles. The van der Waals surface area contributed by atoms with Crippen LogP contribution in [0.5, 0.6) is 0 Å². The number of amides is 1. The van der Waals surface area contributed by atoms with Crippen molar-refractivity contribution >= 4 is 22.6 Å². The highest BCUT2D eigenvalue weighted by Gasteiger charge is 2.30. The molecule has 2 heterocycles. The summed E-state index contributed by atoms with van der Waals surface area (Å²) in [5.41, 5.74) is 4.57. The van der Waals surface area contributed by atoms with Gasteiger partial charge in [0.1, 0.15) is 0 Å². The fraction of sp³-hybridized carbons (Fsp3) is 0.263. The number of aromatic amines is 1. The number of carbonyl (C=O) groups is 1. The summed E-state index contributed by atoms with van der Waals surface area (Å²) < 4.78 is 0. The Labute approximate surface area is 144 Å². The number of rotatable bonds is 3. The fourth-order valence-corrected chi connectivity index (χ4v) is 3.00.